The second-order valence-electron chi connectivity index (χ2n) is 6.58. The maximum atomic E-state index is 13.6. The van der Waals surface area contributed by atoms with E-state index in [2.05, 4.69) is 15.3 Å². The minimum Gasteiger partial charge on any atom is -0.346 e. The number of para-hydroxylation sites is 2. The van der Waals surface area contributed by atoms with Crippen LogP contribution in [-0.2, 0) is 11.2 Å². The number of amides is 1. The lowest BCUT2D eigenvalue weighted by Crippen LogP contribution is -2.30. The van der Waals surface area contributed by atoms with Crippen LogP contribution < -0.4 is 5.32 Å². The molecule has 2 aromatic heterocycles. The van der Waals surface area contributed by atoms with Crippen LogP contribution in [0.2, 0.25) is 0 Å². The summed E-state index contributed by atoms with van der Waals surface area (Å²) in [6.45, 7) is -1.10. The van der Waals surface area contributed by atoms with Gasteiger partial charge in [-0.25, -0.2) is 9.97 Å². The van der Waals surface area contributed by atoms with Gasteiger partial charge in [-0.05, 0) is 19.1 Å². The largest absolute Gasteiger partial charge is 0.346 e. The van der Waals surface area contributed by atoms with E-state index in [9.17, 15) is 13.6 Å². The van der Waals surface area contributed by atoms with Crippen LogP contribution in [0.4, 0.5) is 8.78 Å². The van der Waals surface area contributed by atoms with Crippen molar-refractivity contribution in [3.63, 3.8) is 0 Å². The van der Waals surface area contributed by atoms with Gasteiger partial charge in [-0.2, -0.15) is 8.78 Å². The summed E-state index contributed by atoms with van der Waals surface area (Å²) in [4.78, 5) is 21.3. The van der Waals surface area contributed by atoms with E-state index in [0.717, 1.165) is 15.1 Å². The van der Waals surface area contributed by atoms with Crippen LogP contribution in [0.3, 0.4) is 0 Å². The SMILES string of the molecule is CC(NC(=O)Cc1csc(-c2ccccc2)n1)c1nc2ccccc2n1C(F)F. The van der Waals surface area contributed by atoms with Crippen LogP contribution in [0.1, 0.15) is 31.0 Å². The number of fused-ring (bicyclic) bond motifs is 1. The number of carbonyl (C=O) groups excluding carboxylic acids is 1. The summed E-state index contributed by atoms with van der Waals surface area (Å²) < 4.78 is 28.1. The van der Waals surface area contributed by atoms with Crippen LogP contribution in [0.15, 0.2) is 60.0 Å². The number of imidazole rings is 1. The van der Waals surface area contributed by atoms with E-state index in [1.807, 2.05) is 35.7 Å². The van der Waals surface area contributed by atoms with E-state index < -0.39 is 12.6 Å². The minimum atomic E-state index is -2.75. The van der Waals surface area contributed by atoms with Gasteiger partial charge in [0.1, 0.15) is 10.8 Å². The van der Waals surface area contributed by atoms with E-state index in [0.29, 0.717) is 16.7 Å². The lowest BCUT2D eigenvalue weighted by molar-refractivity contribution is -0.121. The summed E-state index contributed by atoms with van der Waals surface area (Å²) in [6.07, 6.45) is 0.0720. The molecule has 1 atom stereocenters. The normalized spacial score (nSPS) is 12.4. The number of hydrogen-bond acceptors (Lipinski definition) is 4. The van der Waals surface area contributed by atoms with Crippen LogP contribution in [-0.4, -0.2) is 20.4 Å². The van der Waals surface area contributed by atoms with Crippen molar-refractivity contribution in [3.8, 4) is 10.6 Å². The fraction of sp³-hybridized carbons (Fsp3) is 0.190. The number of hydrogen-bond donors (Lipinski definition) is 1. The highest BCUT2D eigenvalue weighted by Crippen LogP contribution is 2.27. The summed E-state index contributed by atoms with van der Waals surface area (Å²) in [5, 5.41) is 5.43. The van der Waals surface area contributed by atoms with Crippen molar-refractivity contribution in [2.45, 2.75) is 25.9 Å². The molecule has 0 fully saturated rings. The number of rotatable bonds is 6. The maximum Gasteiger partial charge on any atom is 0.320 e. The van der Waals surface area contributed by atoms with E-state index in [4.69, 9.17) is 0 Å². The fourth-order valence-corrected chi connectivity index (χ4v) is 4.02. The molecule has 29 heavy (non-hydrogen) atoms. The number of halogens is 2. The van der Waals surface area contributed by atoms with E-state index in [1.54, 1.807) is 31.2 Å². The van der Waals surface area contributed by atoms with Crippen molar-refractivity contribution in [1.29, 1.82) is 0 Å². The zero-order valence-corrected chi connectivity index (χ0v) is 16.4. The number of nitrogens with one attached hydrogen (secondary N) is 1. The first-order valence-corrected chi connectivity index (χ1v) is 9.95. The molecule has 2 heterocycles. The first-order chi connectivity index (χ1) is 14.0. The molecule has 4 aromatic rings. The number of thiazole rings is 1. The highest BCUT2D eigenvalue weighted by atomic mass is 32.1. The van der Waals surface area contributed by atoms with Crippen molar-refractivity contribution >= 4 is 28.3 Å². The molecule has 8 heteroatoms. The molecule has 0 spiro atoms. The van der Waals surface area contributed by atoms with Gasteiger partial charge in [0.25, 0.3) is 0 Å². The van der Waals surface area contributed by atoms with Crippen molar-refractivity contribution in [1.82, 2.24) is 19.9 Å². The van der Waals surface area contributed by atoms with Gasteiger partial charge in [0, 0.05) is 10.9 Å². The fourth-order valence-electron chi connectivity index (χ4n) is 3.20. The van der Waals surface area contributed by atoms with Crippen LogP contribution in [0.25, 0.3) is 21.6 Å². The Balaban J connectivity index is 1.49. The summed E-state index contributed by atoms with van der Waals surface area (Å²) in [5.41, 5.74) is 2.44. The number of aromatic nitrogens is 3. The molecule has 1 unspecified atom stereocenters. The van der Waals surface area contributed by atoms with Crippen LogP contribution in [0.5, 0.6) is 0 Å². The van der Waals surface area contributed by atoms with Gasteiger partial charge >= 0.3 is 6.55 Å². The third-order valence-corrected chi connectivity index (χ3v) is 5.44. The molecule has 4 rings (SSSR count). The standard InChI is InChI=1S/C21H18F2N4OS/c1-13(19-26-16-9-5-6-10-17(16)27(19)21(22)23)24-18(28)11-15-12-29-20(25-15)14-7-3-2-4-8-14/h2-10,12-13,21H,11H2,1H3,(H,24,28). The molecule has 1 N–H and O–H groups in total. The van der Waals surface area contributed by atoms with Gasteiger partial charge in [0.2, 0.25) is 5.91 Å². The predicted molar refractivity (Wildman–Crippen MR) is 109 cm³/mol. The second kappa shape index (κ2) is 8.08. The number of benzene rings is 2. The molecule has 148 valence electrons. The number of nitrogens with zero attached hydrogens (tertiary/aromatic N) is 3. The lowest BCUT2D eigenvalue weighted by atomic mass is 10.2. The quantitative estimate of drug-likeness (QED) is 0.486. The third-order valence-electron chi connectivity index (χ3n) is 4.50. The molecule has 0 bridgehead atoms. The Morgan fingerprint density at radius 3 is 2.59 bits per heavy atom. The Kier molecular flexibility index (Phi) is 5.35. The Bertz CT molecular complexity index is 1140. The van der Waals surface area contributed by atoms with Gasteiger partial charge in [0.05, 0.1) is 29.2 Å². The molecule has 2 aromatic carbocycles. The van der Waals surface area contributed by atoms with Crippen molar-refractivity contribution in [2.24, 2.45) is 0 Å². The first-order valence-electron chi connectivity index (χ1n) is 9.07. The third kappa shape index (κ3) is 4.02. The monoisotopic (exact) mass is 412 g/mol. The molecule has 0 aliphatic rings. The summed E-state index contributed by atoms with van der Waals surface area (Å²) in [6, 6.07) is 15.7. The van der Waals surface area contributed by atoms with E-state index in [-0.39, 0.29) is 18.2 Å². The van der Waals surface area contributed by atoms with Gasteiger partial charge in [0.15, 0.2) is 0 Å². The van der Waals surface area contributed by atoms with Gasteiger partial charge < -0.3 is 5.32 Å². The van der Waals surface area contributed by atoms with Crippen molar-refractivity contribution < 1.29 is 13.6 Å². The van der Waals surface area contributed by atoms with Gasteiger partial charge in [-0.1, -0.05) is 42.5 Å². The molecular formula is C21H18F2N4OS. The molecule has 5 nitrogen and oxygen atoms in total. The Labute approximate surface area is 170 Å². The lowest BCUT2D eigenvalue weighted by Gasteiger charge is -2.15. The van der Waals surface area contributed by atoms with Crippen molar-refractivity contribution in [2.75, 3.05) is 0 Å². The highest BCUT2D eigenvalue weighted by Gasteiger charge is 2.23. The molecule has 0 aliphatic heterocycles. The molecule has 0 aliphatic carbocycles. The zero-order valence-electron chi connectivity index (χ0n) is 15.5. The van der Waals surface area contributed by atoms with Gasteiger partial charge in [-0.15, -0.1) is 11.3 Å². The number of alkyl halides is 2. The Morgan fingerprint density at radius 2 is 1.83 bits per heavy atom. The predicted octanol–water partition coefficient (Wildman–Crippen LogP) is 4.97. The zero-order chi connectivity index (χ0) is 20.4. The van der Waals surface area contributed by atoms with Crippen molar-refractivity contribution in [3.05, 3.63) is 71.5 Å². The molecule has 0 radical (unpaired) electrons. The summed E-state index contributed by atoms with van der Waals surface area (Å²) in [7, 11) is 0. The first kappa shape index (κ1) is 19.2. The van der Waals surface area contributed by atoms with E-state index >= 15 is 0 Å². The molecular weight excluding hydrogens is 394 g/mol. The van der Waals surface area contributed by atoms with E-state index in [1.165, 1.54) is 11.3 Å². The average molecular weight is 412 g/mol. The van der Waals surface area contributed by atoms with Crippen LogP contribution in [0, 0.1) is 0 Å². The topological polar surface area (TPSA) is 59.8 Å². The summed E-state index contributed by atoms with van der Waals surface area (Å²) in [5.74, 6) is -0.173. The molecule has 0 saturated carbocycles. The van der Waals surface area contributed by atoms with Gasteiger partial charge in [-0.3, -0.25) is 9.36 Å². The highest BCUT2D eigenvalue weighted by molar-refractivity contribution is 7.13. The second-order valence-corrected chi connectivity index (χ2v) is 7.44. The maximum absolute atomic E-state index is 13.6. The molecule has 0 saturated heterocycles. The number of carbonyl (C=O) groups is 1. The Morgan fingerprint density at radius 1 is 1.10 bits per heavy atom. The average Bonchev–Trinajstić information content (AvgIpc) is 3.33. The summed E-state index contributed by atoms with van der Waals surface area (Å²) >= 11 is 1.46. The Hall–Kier alpha value is -3.13. The molecule has 1 amide bonds. The van der Waals surface area contributed by atoms with Crippen LogP contribution >= 0.6 is 11.3 Å². The smallest absolute Gasteiger partial charge is 0.320 e. The minimum absolute atomic E-state index is 0.0720.